The number of rotatable bonds is 16. The molecule has 58 heavy (non-hydrogen) atoms. The number of hydrogen-bond acceptors (Lipinski definition) is 3. The van der Waals surface area contributed by atoms with Gasteiger partial charge >= 0.3 is 0 Å². The van der Waals surface area contributed by atoms with Crippen LogP contribution in [0.5, 0.6) is 5.75 Å². The number of benzene rings is 7. The van der Waals surface area contributed by atoms with E-state index in [-0.39, 0.29) is 0 Å². The molecule has 290 valence electrons. The lowest BCUT2D eigenvalue weighted by Gasteiger charge is -2.34. The van der Waals surface area contributed by atoms with Crippen molar-refractivity contribution < 1.29 is 4.74 Å². The Morgan fingerprint density at radius 2 is 0.948 bits per heavy atom. The summed E-state index contributed by atoms with van der Waals surface area (Å²) in [6.45, 7) is 6.03. The van der Waals surface area contributed by atoms with E-state index < -0.39 is 15.8 Å². The molecule has 0 heterocycles. The predicted molar refractivity (Wildman–Crippen MR) is 251 cm³/mol. The maximum atomic E-state index is 6.49. The van der Waals surface area contributed by atoms with E-state index in [2.05, 4.69) is 205 Å². The summed E-state index contributed by atoms with van der Waals surface area (Å²) in [5.74, 6) is 0.896. The van der Waals surface area contributed by atoms with Gasteiger partial charge in [0.25, 0.3) is 0 Å². The van der Waals surface area contributed by atoms with E-state index in [1.54, 1.807) is 0 Å². The number of nitrogens with one attached hydrogen (secondary N) is 2. The quantitative estimate of drug-likeness (QED) is 0.0957. The summed E-state index contributed by atoms with van der Waals surface area (Å²) in [6.07, 6.45) is 6.67. The van der Waals surface area contributed by atoms with Crippen molar-refractivity contribution in [1.29, 1.82) is 0 Å². The van der Waals surface area contributed by atoms with Crippen molar-refractivity contribution in [3.8, 4) is 5.75 Å². The van der Waals surface area contributed by atoms with Gasteiger partial charge in [0, 0.05) is 25.2 Å². The second-order valence-corrected chi connectivity index (χ2v) is 19.3. The highest BCUT2D eigenvalue weighted by molar-refractivity contribution is 7.80. The van der Waals surface area contributed by atoms with Gasteiger partial charge in [-0.25, -0.2) is 0 Å². The molecule has 1 fully saturated rings. The van der Waals surface area contributed by atoms with Crippen LogP contribution in [0, 0.1) is 0 Å². The smallest absolute Gasteiger partial charge is 0.120 e. The Labute approximate surface area is 347 Å². The van der Waals surface area contributed by atoms with Crippen LogP contribution in [-0.4, -0.2) is 12.1 Å². The number of ether oxygens (including phenoxy) is 1. The minimum Gasteiger partial charge on any atom is -0.489 e. The van der Waals surface area contributed by atoms with Gasteiger partial charge in [0.2, 0.25) is 0 Å². The Kier molecular flexibility index (Phi) is 13.7. The Morgan fingerprint density at radius 1 is 0.500 bits per heavy atom. The van der Waals surface area contributed by atoms with Crippen molar-refractivity contribution >= 4 is 53.7 Å². The van der Waals surface area contributed by atoms with Crippen LogP contribution < -0.4 is 47.2 Å². The molecular weight excluding hydrogens is 743 g/mol. The molecule has 1 saturated carbocycles. The predicted octanol–water partition coefficient (Wildman–Crippen LogP) is 9.62. The highest BCUT2D eigenvalue weighted by Gasteiger charge is 2.27. The molecule has 3 nitrogen and oxygen atoms in total. The third kappa shape index (κ3) is 9.93. The van der Waals surface area contributed by atoms with E-state index in [9.17, 15) is 0 Å². The fraction of sp³-hybridized carbons (Fsp3) is 0.170. The van der Waals surface area contributed by atoms with Crippen LogP contribution in [0.3, 0.4) is 0 Å². The largest absolute Gasteiger partial charge is 0.489 e. The average Bonchev–Trinajstić information content (AvgIpc) is 3.30. The Hall–Kier alpha value is -5.14. The Morgan fingerprint density at radius 3 is 1.45 bits per heavy atom. The zero-order valence-corrected chi connectivity index (χ0v) is 34.9. The van der Waals surface area contributed by atoms with Gasteiger partial charge < -0.3 is 15.4 Å². The van der Waals surface area contributed by atoms with Crippen LogP contribution in [-0.2, 0) is 19.7 Å². The van der Waals surface area contributed by atoms with Crippen molar-refractivity contribution in [1.82, 2.24) is 10.6 Å². The normalized spacial score (nSPS) is 15.3. The monoisotopic (exact) mass is 794 g/mol. The summed E-state index contributed by atoms with van der Waals surface area (Å²) >= 11 is 0. The van der Waals surface area contributed by atoms with Crippen molar-refractivity contribution in [2.24, 2.45) is 0 Å². The molecule has 5 heteroatoms. The lowest BCUT2D eigenvalue weighted by atomic mass is 9.90. The second-order valence-electron chi connectivity index (χ2n) is 14.9. The zero-order valence-electron chi connectivity index (χ0n) is 33.1. The fourth-order valence-corrected chi connectivity index (χ4v) is 13.0. The summed E-state index contributed by atoms with van der Waals surface area (Å²) in [7, 11) is -1.47. The van der Waals surface area contributed by atoms with Gasteiger partial charge in [-0.3, -0.25) is 0 Å². The first-order valence-corrected chi connectivity index (χ1v) is 23.2. The maximum Gasteiger partial charge on any atom is 0.120 e. The standard InChI is InChI=1S/C53H52N2OP2/c1-2-41-31-33-42(34-32-41)40-56-45-35-36-53(58(48-24-11-5-12-25-48)49-26-13-6-14-27-49)44(37-45)39-55-51-29-17-16-28-50(51)54-38-43-19-15-18-30-52(43)57(46-20-7-3-8-21-46)47-22-9-4-10-23-47/h2-15,18-27,30-37,50-51,54-55H,1,16-17,28-29,38-40H2/t50-,51-/m1/s1. The molecule has 2 atom stereocenters. The Bertz CT molecular complexity index is 2260. The van der Waals surface area contributed by atoms with Gasteiger partial charge in [-0.1, -0.05) is 195 Å². The van der Waals surface area contributed by atoms with Crippen LogP contribution >= 0.6 is 15.8 Å². The third-order valence-electron chi connectivity index (χ3n) is 11.1. The van der Waals surface area contributed by atoms with E-state index in [1.807, 2.05) is 6.08 Å². The first-order valence-electron chi connectivity index (χ1n) is 20.6. The summed E-state index contributed by atoms with van der Waals surface area (Å²) in [5, 5.41) is 16.5. The van der Waals surface area contributed by atoms with Crippen LogP contribution in [0.1, 0.15) is 47.9 Å². The second kappa shape index (κ2) is 20.0. The van der Waals surface area contributed by atoms with Gasteiger partial charge in [-0.05, 0) is 101 Å². The summed E-state index contributed by atoms with van der Waals surface area (Å²) in [6, 6.07) is 69.1. The SMILES string of the molecule is C=Cc1ccc(COc2ccc(P(c3ccccc3)c3ccccc3)c(CN[C@@H]3CCCC[C@H]3NCc3ccccc3P(c3ccccc3)c3ccccc3)c2)cc1. The molecule has 0 amide bonds. The number of hydrogen-bond donors (Lipinski definition) is 2. The molecule has 1 aliphatic rings. The van der Waals surface area contributed by atoms with Gasteiger partial charge in [-0.15, -0.1) is 0 Å². The van der Waals surface area contributed by atoms with E-state index in [0.29, 0.717) is 18.7 Å². The molecule has 0 saturated heterocycles. The van der Waals surface area contributed by atoms with E-state index in [1.165, 1.54) is 55.8 Å². The summed E-state index contributed by atoms with van der Waals surface area (Å²) in [5.41, 5.74) is 4.93. The van der Waals surface area contributed by atoms with Gasteiger partial charge in [0.05, 0.1) is 0 Å². The molecule has 0 radical (unpaired) electrons. The minimum absolute atomic E-state index is 0.353. The van der Waals surface area contributed by atoms with Crippen LogP contribution in [0.15, 0.2) is 195 Å². The molecule has 0 aromatic heterocycles. The van der Waals surface area contributed by atoms with Crippen molar-refractivity contribution in [2.75, 3.05) is 0 Å². The Balaban J connectivity index is 1.05. The van der Waals surface area contributed by atoms with Crippen LogP contribution in [0.4, 0.5) is 0 Å². The van der Waals surface area contributed by atoms with Crippen LogP contribution in [0.2, 0.25) is 0 Å². The molecule has 1 aliphatic carbocycles. The summed E-state index contributed by atoms with van der Waals surface area (Å²) < 4.78 is 6.49. The fourth-order valence-electron chi connectivity index (χ4n) is 8.07. The van der Waals surface area contributed by atoms with Crippen molar-refractivity contribution in [2.45, 2.75) is 57.5 Å². The van der Waals surface area contributed by atoms with Gasteiger partial charge in [-0.2, -0.15) is 0 Å². The lowest BCUT2D eigenvalue weighted by molar-refractivity contribution is 0.281. The zero-order chi connectivity index (χ0) is 39.4. The highest BCUT2D eigenvalue weighted by atomic mass is 31.1. The van der Waals surface area contributed by atoms with E-state index >= 15 is 0 Å². The van der Waals surface area contributed by atoms with E-state index in [0.717, 1.165) is 42.8 Å². The van der Waals surface area contributed by atoms with Gasteiger partial charge in [0.1, 0.15) is 12.4 Å². The highest BCUT2D eigenvalue weighted by Crippen LogP contribution is 2.36. The van der Waals surface area contributed by atoms with Crippen molar-refractivity contribution in [3.05, 3.63) is 217 Å². The molecule has 7 aromatic rings. The topological polar surface area (TPSA) is 33.3 Å². The molecule has 8 rings (SSSR count). The third-order valence-corrected chi connectivity index (χ3v) is 16.2. The lowest BCUT2D eigenvalue weighted by Crippen LogP contribution is -2.49. The molecule has 2 N–H and O–H groups in total. The first-order chi connectivity index (χ1) is 28.7. The summed E-state index contributed by atoms with van der Waals surface area (Å²) in [4.78, 5) is 0. The first kappa shape index (κ1) is 39.7. The maximum absolute atomic E-state index is 6.49. The van der Waals surface area contributed by atoms with Crippen molar-refractivity contribution in [3.63, 3.8) is 0 Å². The minimum atomic E-state index is -0.782. The molecule has 0 unspecified atom stereocenters. The van der Waals surface area contributed by atoms with E-state index in [4.69, 9.17) is 4.74 Å². The molecule has 0 spiro atoms. The molecular formula is C53H52N2OP2. The molecule has 0 bridgehead atoms. The van der Waals surface area contributed by atoms with Gasteiger partial charge in [0.15, 0.2) is 0 Å². The molecule has 0 aliphatic heterocycles. The van der Waals surface area contributed by atoms with Crippen LogP contribution in [0.25, 0.3) is 6.08 Å². The molecule has 7 aromatic carbocycles. The average molecular weight is 795 g/mol.